The molecule has 0 saturated carbocycles. The number of anilines is 2. The molecule has 6 nitrogen and oxygen atoms in total. The summed E-state index contributed by atoms with van der Waals surface area (Å²) in [6.07, 6.45) is 5.48. The van der Waals surface area contributed by atoms with Crippen LogP contribution in [0.4, 0.5) is 11.5 Å². The first-order valence-electron chi connectivity index (χ1n) is 6.39. The van der Waals surface area contributed by atoms with Crippen molar-refractivity contribution in [3.8, 4) is 6.07 Å². The average molecular weight is 276 g/mol. The number of nitrogens with zero attached hydrogens (tertiary/aromatic N) is 5. The van der Waals surface area contributed by atoms with Crippen molar-refractivity contribution in [1.29, 1.82) is 5.26 Å². The summed E-state index contributed by atoms with van der Waals surface area (Å²) in [6.45, 7) is 0.789. The van der Waals surface area contributed by atoms with E-state index in [-0.39, 0.29) is 0 Å². The predicted molar refractivity (Wildman–Crippen MR) is 77.8 cm³/mol. The van der Waals surface area contributed by atoms with Gasteiger partial charge in [-0.05, 0) is 29.8 Å². The van der Waals surface area contributed by atoms with E-state index in [9.17, 15) is 0 Å². The molecule has 0 aliphatic carbocycles. The fraction of sp³-hybridized carbons (Fsp3) is 0.0667. The number of imidazole rings is 1. The van der Waals surface area contributed by atoms with Gasteiger partial charge in [0.1, 0.15) is 6.07 Å². The summed E-state index contributed by atoms with van der Waals surface area (Å²) in [5.74, 6) is 0.608. The van der Waals surface area contributed by atoms with Crippen LogP contribution in [0.1, 0.15) is 11.3 Å². The largest absolute Gasteiger partial charge is 0.339 e. The second-order valence-corrected chi connectivity index (χ2v) is 4.47. The lowest BCUT2D eigenvalue weighted by molar-refractivity contribution is 0.797. The van der Waals surface area contributed by atoms with Gasteiger partial charge in [-0.2, -0.15) is 5.26 Å². The molecule has 0 fully saturated rings. The molecule has 2 heterocycles. The third-order valence-corrected chi connectivity index (χ3v) is 2.93. The van der Waals surface area contributed by atoms with Crippen molar-refractivity contribution >= 4 is 11.5 Å². The fourth-order valence-corrected chi connectivity index (χ4v) is 1.89. The van der Waals surface area contributed by atoms with E-state index in [0.29, 0.717) is 11.5 Å². The molecule has 0 radical (unpaired) electrons. The summed E-state index contributed by atoms with van der Waals surface area (Å²) in [6, 6.07) is 13.3. The summed E-state index contributed by atoms with van der Waals surface area (Å²) in [7, 11) is 0. The molecular weight excluding hydrogens is 264 g/mol. The lowest BCUT2D eigenvalue weighted by Crippen LogP contribution is -1.98. The highest BCUT2D eigenvalue weighted by Gasteiger charge is 1.99. The van der Waals surface area contributed by atoms with Crippen molar-refractivity contribution < 1.29 is 0 Å². The van der Waals surface area contributed by atoms with Crippen LogP contribution in [-0.4, -0.2) is 19.7 Å². The van der Waals surface area contributed by atoms with Gasteiger partial charge < -0.3 is 9.88 Å². The van der Waals surface area contributed by atoms with Crippen LogP contribution in [0.3, 0.4) is 0 Å². The van der Waals surface area contributed by atoms with E-state index in [2.05, 4.69) is 20.5 Å². The topological polar surface area (TPSA) is 79.4 Å². The number of nitriles is 1. The minimum atomic E-state index is 0.302. The van der Waals surface area contributed by atoms with Gasteiger partial charge >= 0.3 is 0 Å². The van der Waals surface area contributed by atoms with Gasteiger partial charge in [-0.3, -0.25) is 0 Å². The van der Waals surface area contributed by atoms with Crippen molar-refractivity contribution in [2.75, 3.05) is 5.32 Å². The Kier molecular flexibility index (Phi) is 3.56. The molecule has 0 atom stereocenters. The Hall–Kier alpha value is -3.20. The average Bonchev–Trinajstić information content (AvgIpc) is 3.03. The van der Waals surface area contributed by atoms with Crippen LogP contribution in [-0.2, 0) is 6.54 Å². The molecule has 6 heteroatoms. The summed E-state index contributed by atoms with van der Waals surface area (Å²) < 4.78 is 2.01. The lowest BCUT2D eigenvalue weighted by atomic mass is 10.2. The van der Waals surface area contributed by atoms with Crippen LogP contribution in [0.2, 0.25) is 0 Å². The Bertz CT molecular complexity index is 738. The van der Waals surface area contributed by atoms with Gasteiger partial charge in [0.15, 0.2) is 11.5 Å². The molecule has 0 unspecified atom stereocenters. The number of hydrogen-bond acceptors (Lipinski definition) is 5. The number of aromatic nitrogens is 4. The van der Waals surface area contributed by atoms with Gasteiger partial charge in [0, 0.05) is 24.6 Å². The molecule has 1 N–H and O–H groups in total. The zero-order valence-electron chi connectivity index (χ0n) is 11.1. The number of nitrogens with one attached hydrogen (secondary N) is 1. The normalized spacial score (nSPS) is 10.0. The van der Waals surface area contributed by atoms with Crippen molar-refractivity contribution in [1.82, 2.24) is 19.7 Å². The molecule has 3 rings (SSSR count). The Morgan fingerprint density at radius 1 is 1.10 bits per heavy atom. The smallest absolute Gasteiger partial charge is 0.163 e. The van der Waals surface area contributed by atoms with E-state index in [0.717, 1.165) is 12.2 Å². The summed E-state index contributed by atoms with van der Waals surface area (Å²) in [5, 5.41) is 19.5. The Morgan fingerprint density at radius 3 is 2.57 bits per heavy atom. The van der Waals surface area contributed by atoms with Crippen LogP contribution < -0.4 is 5.32 Å². The van der Waals surface area contributed by atoms with E-state index in [1.54, 1.807) is 24.7 Å². The SMILES string of the molecule is N#Cc1ccc(Nc2ccc(Cn3ccnc3)cc2)nn1. The van der Waals surface area contributed by atoms with Gasteiger partial charge in [-0.25, -0.2) is 4.98 Å². The first-order valence-corrected chi connectivity index (χ1v) is 6.39. The van der Waals surface area contributed by atoms with Gasteiger partial charge in [0.05, 0.1) is 6.33 Å². The molecule has 0 saturated heterocycles. The maximum Gasteiger partial charge on any atom is 0.163 e. The molecule has 102 valence electrons. The van der Waals surface area contributed by atoms with Crippen LogP contribution in [0.25, 0.3) is 0 Å². The number of rotatable bonds is 4. The molecule has 2 aromatic heterocycles. The highest BCUT2D eigenvalue weighted by atomic mass is 15.2. The molecule has 0 amide bonds. The van der Waals surface area contributed by atoms with E-state index in [4.69, 9.17) is 5.26 Å². The quantitative estimate of drug-likeness (QED) is 0.791. The molecule has 21 heavy (non-hydrogen) atoms. The standard InChI is InChI=1S/C15H12N6/c16-9-14-5-6-15(20-19-14)18-13-3-1-12(2-4-13)10-21-8-7-17-11-21/h1-8,11H,10H2,(H,18,20). The van der Waals surface area contributed by atoms with E-state index >= 15 is 0 Å². The zero-order chi connectivity index (χ0) is 14.5. The van der Waals surface area contributed by atoms with Gasteiger partial charge in [-0.1, -0.05) is 12.1 Å². The summed E-state index contributed by atoms with van der Waals surface area (Å²) in [5.41, 5.74) is 2.41. The first-order chi connectivity index (χ1) is 10.3. The fourth-order valence-electron chi connectivity index (χ4n) is 1.89. The van der Waals surface area contributed by atoms with Crippen molar-refractivity contribution in [3.05, 3.63) is 66.4 Å². The molecule has 0 aliphatic rings. The number of hydrogen-bond donors (Lipinski definition) is 1. The maximum atomic E-state index is 8.67. The highest BCUT2D eigenvalue weighted by molar-refractivity contribution is 5.56. The Labute approximate surface area is 121 Å². The predicted octanol–water partition coefficient (Wildman–Crippen LogP) is 2.34. The highest BCUT2D eigenvalue weighted by Crippen LogP contribution is 2.15. The molecule has 3 aromatic rings. The van der Waals surface area contributed by atoms with Crippen molar-refractivity contribution in [2.24, 2.45) is 0 Å². The minimum absolute atomic E-state index is 0.302. The second kappa shape index (κ2) is 5.84. The molecular formula is C15H12N6. The van der Waals surface area contributed by atoms with Gasteiger partial charge in [0.2, 0.25) is 0 Å². The van der Waals surface area contributed by atoms with Gasteiger partial charge in [0.25, 0.3) is 0 Å². The molecule has 0 spiro atoms. The third-order valence-electron chi connectivity index (χ3n) is 2.93. The van der Waals surface area contributed by atoms with Crippen LogP contribution in [0, 0.1) is 11.3 Å². The second-order valence-electron chi connectivity index (χ2n) is 4.47. The zero-order valence-corrected chi connectivity index (χ0v) is 11.1. The Balaban J connectivity index is 1.67. The van der Waals surface area contributed by atoms with E-state index in [1.165, 1.54) is 5.56 Å². The van der Waals surface area contributed by atoms with Crippen molar-refractivity contribution in [2.45, 2.75) is 6.54 Å². The van der Waals surface area contributed by atoms with Crippen LogP contribution in [0.15, 0.2) is 55.1 Å². The molecule has 1 aromatic carbocycles. The lowest BCUT2D eigenvalue weighted by Gasteiger charge is -2.07. The summed E-state index contributed by atoms with van der Waals surface area (Å²) in [4.78, 5) is 4.02. The summed E-state index contributed by atoms with van der Waals surface area (Å²) >= 11 is 0. The third kappa shape index (κ3) is 3.22. The van der Waals surface area contributed by atoms with Crippen LogP contribution >= 0.6 is 0 Å². The van der Waals surface area contributed by atoms with E-state index in [1.807, 2.05) is 41.1 Å². The Morgan fingerprint density at radius 2 is 1.95 bits per heavy atom. The van der Waals surface area contributed by atoms with Gasteiger partial charge in [-0.15, -0.1) is 10.2 Å². The monoisotopic (exact) mass is 276 g/mol. The molecule has 0 bridgehead atoms. The minimum Gasteiger partial charge on any atom is -0.339 e. The maximum absolute atomic E-state index is 8.67. The van der Waals surface area contributed by atoms with Crippen molar-refractivity contribution in [3.63, 3.8) is 0 Å². The van der Waals surface area contributed by atoms with E-state index < -0.39 is 0 Å². The first kappa shape index (κ1) is 12.8. The molecule has 0 aliphatic heterocycles. The van der Waals surface area contributed by atoms with Crippen LogP contribution in [0.5, 0.6) is 0 Å². The number of benzene rings is 1.